The number of fused-ring (bicyclic) bond motifs is 5. The molecule has 358 valence electrons. The SMILES string of the molecule is CC1=NO[C@@]2(CC[C@H](C)N3C[C@H]2n2cc(C(=O)NCc4ccc(F)cc4F)c(=O)c(OC(=O)N(C)Cc4cc(C(=O)OC(C)(C)C)ccc4OP(=O)(OC(C)(C)C)OC(C)(C)C)c2C3=O)C1. The zero-order chi connectivity index (χ0) is 48.9. The van der Waals surface area contributed by atoms with Gasteiger partial charge in [-0.2, -0.15) is 0 Å². The van der Waals surface area contributed by atoms with E-state index < -0.39 is 102 Å². The lowest BCUT2D eigenvalue weighted by atomic mass is 9.84. The number of hydrogen-bond donors (Lipinski definition) is 1. The molecule has 2 aromatic carbocycles. The molecule has 0 unspecified atom stereocenters. The Labute approximate surface area is 382 Å². The number of amides is 3. The van der Waals surface area contributed by atoms with E-state index in [2.05, 4.69) is 10.5 Å². The number of esters is 1. The fourth-order valence-corrected chi connectivity index (χ4v) is 9.76. The van der Waals surface area contributed by atoms with Crippen molar-refractivity contribution in [2.24, 2.45) is 5.16 Å². The second-order valence-electron chi connectivity index (χ2n) is 19.9. The molecule has 0 radical (unpaired) electrons. The van der Waals surface area contributed by atoms with E-state index in [1.165, 1.54) is 36.0 Å². The number of pyridine rings is 1. The molecule has 3 aliphatic rings. The molecule has 3 aromatic rings. The van der Waals surface area contributed by atoms with Crippen molar-refractivity contribution in [2.45, 2.75) is 143 Å². The van der Waals surface area contributed by atoms with Crippen molar-refractivity contribution < 1.29 is 60.4 Å². The lowest BCUT2D eigenvalue weighted by Crippen LogP contribution is -2.52. The van der Waals surface area contributed by atoms with Gasteiger partial charge in [-0.05, 0) is 113 Å². The van der Waals surface area contributed by atoms with Crippen LogP contribution in [-0.4, -0.2) is 86.0 Å². The number of benzene rings is 2. The highest BCUT2D eigenvalue weighted by molar-refractivity contribution is 7.49. The third-order valence-corrected chi connectivity index (χ3v) is 12.7. The van der Waals surface area contributed by atoms with Crippen molar-refractivity contribution in [1.82, 2.24) is 19.7 Å². The molecule has 1 N–H and O–H groups in total. The number of nitrogens with one attached hydrogen (secondary N) is 1. The molecule has 3 amide bonds. The molecule has 1 spiro atoms. The van der Waals surface area contributed by atoms with Crippen molar-refractivity contribution in [3.8, 4) is 11.5 Å². The Bertz CT molecular complexity index is 2560. The number of phosphoric acid groups is 1. The molecule has 3 aliphatic heterocycles. The molecule has 0 saturated carbocycles. The van der Waals surface area contributed by atoms with Gasteiger partial charge in [-0.25, -0.2) is 22.9 Å². The number of rotatable bonds is 11. The normalized spacial score (nSPS) is 19.6. The number of ether oxygens (including phenoxy) is 2. The summed E-state index contributed by atoms with van der Waals surface area (Å²) >= 11 is 0. The predicted molar refractivity (Wildman–Crippen MR) is 238 cm³/mol. The van der Waals surface area contributed by atoms with Gasteiger partial charge in [0.15, 0.2) is 11.3 Å². The summed E-state index contributed by atoms with van der Waals surface area (Å²) in [7, 11) is -3.14. The van der Waals surface area contributed by atoms with Crippen LogP contribution >= 0.6 is 7.82 Å². The molecule has 0 aliphatic carbocycles. The average molecular weight is 942 g/mol. The fraction of sp³-hybridized carbons (Fsp3) is 0.522. The number of carbonyl (C=O) groups is 4. The number of phosphoric ester groups is 1. The van der Waals surface area contributed by atoms with Crippen LogP contribution in [0.5, 0.6) is 11.5 Å². The first-order chi connectivity index (χ1) is 30.5. The zero-order valence-corrected chi connectivity index (χ0v) is 40.2. The molecule has 1 saturated heterocycles. The minimum absolute atomic E-state index is 0.0440. The van der Waals surface area contributed by atoms with Gasteiger partial charge >= 0.3 is 19.9 Å². The summed E-state index contributed by atoms with van der Waals surface area (Å²) in [6, 6.07) is 5.84. The maximum Gasteiger partial charge on any atom is 0.531 e. The quantitative estimate of drug-likeness (QED) is 0.143. The Balaban J connectivity index is 1.42. The van der Waals surface area contributed by atoms with Crippen LogP contribution in [0.2, 0.25) is 0 Å². The van der Waals surface area contributed by atoms with E-state index in [1.807, 2.05) is 6.92 Å². The van der Waals surface area contributed by atoms with Crippen LogP contribution in [0.25, 0.3) is 0 Å². The number of hydrogen-bond acceptors (Lipinski definition) is 13. The van der Waals surface area contributed by atoms with Crippen molar-refractivity contribution in [3.05, 3.63) is 92.4 Å². The first kappa shape index (κ1) is 49.8. The van der Waals surface area contributed by atoms with Crippen molar-refractivity contribution in [2.75, 3.05) is 13.6 Å². The smallest absolute Gasteiger partial charge is 0.456 e. The van der Waals surface area contributed by atoms with Crippen LogP contribution in [0, 0.1) is 11.6 Å². The van der Waals surface area contributed by atoms with Crippen molar-refractivity contribution in [1.29, 1.82) is 0 Å². The molecule has 2 bridgehead atoms. The highest BCUT2D eigenvalue weighted by Crippen LogP contribution is 2.56. The molecule has 66 heavy (non-hydrogen) atoms. The Morgan fingerprint density at radius 3 is 2.23 bits per heavy atom. The van der Waals surface area contributed by atoms with Crippen molar-refractivity contribution in [3.63, 3.8) is 0 Å². The van der Waals surface area contributed by atoms with Gasteiger partial charge in [0, 0.05) is 56.0 Å². The Hall–Kier alpha value is -5.65. The summed E-state index contributed by atoms with van der Waals surface area (Å²) in [6.45, 7) is 17.9. The number of oxime groups is 1. The second kappa shape index (κ2) is 18.2. The molecule has 1 fully saturated rings. The molecule has 3 atom stereocenters. The maximum absolute atomic E-state index is 14.6. The third kappa shape index (κ3) is 11.3. The first-order valence-corrected chi connectivity index (χ1v) is 23.0. The Kier molecular flexibility index (Phi) is 13.7. The van der Waals surface area contributed by atoms with Gasteiger partial charge in [-0.3, -0.25) is 23.4 Å². The van der Waals surface area contributed by atoms with Gasteiger partial charge in [0.25, 0.3) is 11.8 Å². The van der Waals surface area contributed by atoms with Crippen LogP contribution in [0.3, 0.4) is 0 Å². The summed E-state index contributed by atoms with van der Waals surface area (Å²) in [6.07, 6.45) is 1.32. The number of halogens is 2. The van der Waals surface area contributed by atoms with Crippen LogP contribution in [0.4, 0.5) is 13.6 Å². The van der Waals surface area contributed by atoms with Crippen LogP contribution in [0.15, 0.2) is 52.5 Å². The van der Waals surface area contributed by atoms with E-state index in [0.29, 0.717) is 31.0 Å². The van der Waals surface area contributed by atoms with E-state index in [0.717, 1.165) is 17.0 Å². The van der Waals surface area contributed by atoms with E-state index >= 15 is 0 Å². The minimum atomic E-state index is -4.44. The summed E-state index contributed by atoms with van der Waals surface area (Å²) in [5, 5.41) is 6.72. The molecule has 4 heterocycles. The lowest BCUT2D eigenvalue weighted by Gasteiger charge is -2.42. The van der Waals surface area contributed by atoms with Crippen LogP contribution in [-0.2, 0) is 36.3 Å². The largest absolute Gasteiger partial charge is 0.531 e. The zero-order valence-electron chi connectivity index (χ0n) is 39.3. The van der Waals surface area contributed by atoms with Gasteiger partial charge in [0.1, 0.15) is 28.5 Å². The monoisotopic (exact) mass is 941 g/mol. The lowest BCUT2D eigenvalue weighted by molar-refractivity contribution is -0.0655. The van der Waals surface area contributed by atoms with E-state index in [9.17, 15) is 37.3 Å². The molecule has 20 heteroatoms. The topological polar surface area (TPSA) is 194 Å². The first-order valence-electron chi connectivity index (χ1n) is 21.5. The van der Waals surface area contributed by atoms with Gasteiger partial charge in [0.05, 0.1) is 35.1 Å². The highest BCUT2D eigenvalue weighted by Gasteiger charge is 2.54. The summed E-state index contributed by atoms with van der Waals surface area (Å²) in [4.78, 5) is 79.3. The average Bonchev–Trinajstić information content (AvgIpc) is 3.51. The number of carbonyl (C=O) groups excluding carboxylic acids is 4. The Morgan fingerprint density at radius 2 is 1.64 bits per heavy atom. The molecule has 17 nitrogen and oxygen atoms in total. The summed E-state index contributed by atoms with van der Waals surface area (Å²) < 4.78 is 73.2. The van der Waals surface area contributed by atoms with Gasteiger partial charge < -0.3 is 38.5 Å². The Morgan fingerprint density at radius 1 is 0.970 bits per heavy atom. The maximum atomic E-state index is 14.6. The molecular weight excluding hydrogens is 883 g/mol. The number of aromatic nitrogens is 1. The van der Waals surface area contributed by atoms with Gasteiger partial charge in [-0.1, -0.05) is 11.2 Å². The third-order valence-electron chi connectivity index (χ3n) is 10.7. The number of nitrogens with zero attached hydrogens (tertiary/aromatic N) is 4. The van der Waals surface area contributed by atoms with E-state index in [1.54, 1.807) is 74.1 Å². The molecule has 6 rings (SSSR count). The van der Waals surface area contributed by atoms with E-state index in [-0.39, 0.29) is 40.7 Å². The van der Waals surface area contributed by atoms with Crippen LogP contribution < -0.4 is 20.0 Å². The summed E-state index contributed by atoms with van der Waals surface area (Å²) in [5.41, 5.74) is -5.18. The van der Waals surface area contributed by atoms with Crippen LogP contribution in [0.1, 0.15) is 144 Å². The molecule has 1 aromatic heterocycles. The molecular formula is C46H58F2N5O12P. The minimum Gasteiger partial charge on any atom is -0.456 e. The summed E-state index contributed by atoms with van der Waals surface area (Å²) in [5.74, 6) is -5.00. The highest BCUT2D eigenvalue weighted by atomic mass is 31.2. The second-order valence-corrected chi connectivity index (χ2v) is 21.3. The van der Waals surface area contributed by atoms with Gasteiger partial charge in [0.2, 0.25) is 11.2 Å². The standard InChI is InChI=1S/C46H58F2N5O12P/c1-26-21-46(63-50-26)18-17-27(2)52-25-35(46)53-24-32(39(55)49-22-29-13-15-31(47)20-33(29)48)37(54)38(36(53)40(52)56)60-42(58)51(12)23-30-19-28(41(57)61-43(3,4)5)14-16-34(30)62-66(59,64-44(6,7)8)65-45(9,10)11/h13-16,19-20,24,27,35H,17-18,21-23,25H2,1-12H3,(H,49,55)/t27-,35+,46-/m0/s1. The fourth-order valence-electron chi connectivity index (χ4n) is 7.89. The predicted octanol–water partition coefficient (Wildman–Crippen LogP) is 8.47. The van der Waals surface area contributed by atoms with Gasteiger partial charge in [-0.15, -0.1) is 0 Å². The van der Waals surface area contributed by atoms with E-state index in [4.69, 9.17) is 27.9 Å². The van der Waals surface area contributed by atoms with Crippen molar-refractivity contribution >= 4 is 37.4 Å².